The number of nitrogens with zero attached hydrogens (tertiary/aromatic N) is 1. The molecule has 0 aromatic heterocycles. The molecule has 1 aliphatic heterocycles. The number of aliphatic hydroxyl groups is 1. The molecule has 4 heteroatoms. The Morgan fingerprint density at radius 3 is 2.94 bits per heavy atom. The molecule has 17 heavy (non-hydrogen) atoms. The number of amides is 1. The summed E-state index contributed by atoms with van der Waals surface area (Å²) in [5.41, 5.74) is 0. The third-order valence-electron chi connectivity index (χ3n) is 3.19. The number of carbonyl (C=O) groups is 1. The Kier molecular flexibility index (Phi) is 6.89. The highest BCUT2D eigenvalue weighted by atomic mass is 16.3. The largest absolute Gasteiger partial charge is 0.395 e. The first-order chi connectivity index (χ1) is 8.27. The maximum absolute atomic E-state index is 11.9. The third-order valence-corrected chi connectivity index (χ3v) is 3.19. The van der Waals surface area contributed by atoms with Gasteiger partial charge in [-0.3, -0.25) is 4.79 Å². The van der Waals surface area contributed by atoms with Crippen molar-refractivity contribution in [1.29, 1.82) is 0 Å². The van der Waals surface area contributed by atoms with Gasteiger partial charge in [0.25, 0.3) is 0 Å². The molecule has 1 rings (SSSR count). The van der Waals surface area contributed by atoms with E-state index in [0.29, 0.717) is 25.6 Å². The van der Waals surface area contributed by atoms with Gasteiger partial charge in [0, 0.05) is 25.6 Å². The molecule has 1 saturated heterocycles. The van der Waals surface area contributed by atoms with Crippen LogP contribution in [0.5, 0.6) is 0 Å². The third kappa shape index (κ3) is 5.33. The van der Waals surface area contributed by atoms with Crippen LogP contribution < -0.4 is 5.32 Å². The Morgan fingerprint density at radius 2 is 2.35 bits per heavy atom. The molecule has 1 atom stereocenters. The molecule has 98 valence electrons. The van der Waals surface area contributed by atoms with Crippen molar-refractivity contribution in [2.24, 2.45) is 0 Å². The van der Waals surface area contributed by atoms with Crippen LogP contribution in [-0.2, 0) is 4.79 Å². The minimum absolute atomic E-state index is 0.0151. The van der Waals surface area contributed by atoms with E-state index in [0.717, 1.165) is 13.0 Å². The zero-order chi connectivity index (χ0) is 12.5. The number of nitrogens with one attached hydrogen (secondary N) is 1. The van der Waals surface area contributed by atoms with Gasteiger partial charge in [0.2, 0.25) is 5.91 Å². The number of rotatable bonds is 7. The average Bonchev–Trinajstić information content (AvgIpc) is 2.37. The van der Waals surface area contributed by atoms with Gasteiger partial charge in [0.1, 0.15) is 0 Å². The summed E-state index contributed by atoms with van der Waals surface area (Å²) in [6.45, 7) is 5.65. The summed E-state index contributed by atoms with van der Waals surface area (Å²) < 4.78 is 0. The standard InChI is InChI=1S/C13H24N2O2/c1-2-9-15(10-11-16)13(17)7-6-12-5-3-4-8-14-12/h2,12,14,16H,1,3-11H2. The summed E-state index contributed by atoms with van der Waals surface area (Å²) in [6.07, 6.45) is 6.85. The van der Waals surface area contributed by atoms with Crippen molar-refractivity contribution >= 4 is 5.91 Å². The van der Waals surface area contributed by atoms with E-state index < -0.39 is 0 Å². The van der Waals surface area contributed by atoms with Gasteiger partial charge in [0.05, 0.1) is 6.61 Å². The number of hydrogen-bond donors (Lipinski definition) is 2. The van der Waals surface area contributed by atoms with Gasteiger partial charge in [-0.25, -0.2) is 0 Å². The van der Waals surface area contributed by atoms with E-state index in [1.165, 1.54) is 19.3 Å². The molecule has 0 aliphatic carbocycles. The Labute approximate surface area is 104 Å². The topological polar surface area (TPSA) is 52.6 Å². The van der Waals surface area contributed by atoms with Crippen LogP contribution >= 0.6 is 0 Å². The molecule has 1 amide bonds. The van der Waals surface area contributed by atoms with Crippen LogP contribution in [0.25, 0.3) is 0 Å². The zero-order valence-electron chi connectivity index (χ0n) is 10.5. The van der Waals surface area contributed by atoms with Gasteiger partial charge in [-0.15, -0.1) is 6.58 Å². The molecule has 4 nitrogen and oxygen atoms in total. The number of piperidine rings is 1. The summed E-state index contributed by atoms with van der Waals surface area (Å²) in [7, 11) is 0. The fraction of sp³-hybridized carbons (Fsp3) is 0.769. The molecule has 0 bridgehead atoms. The van der Waals surface area contributed by atoms with Crippen LogP contribution in [0.3, 0.4) is 0 Å². The van der Waals surface area contributed by atoms with Crippen molar-refractivity contribution in [3.8, 4) is 0 Å². The highest BCUT2D eigenvalue weighted by Crippen LogP contribution is 2.12. The Morgan fingerprint density at radius 1 is 1.53 bits per heavy atom. The summed E-state index contributed by atoms with van der Waals surface area (Å²) in [6, 6.07) is 0.493. The van der Waals surface area contributed by atoms with Crippen molar-refractivity contribution in [3.05, 3.63) is 12.7 Å². The monoisotopic (exact) mass is 240 g/mol. The van der Waals surface area contributed by atoms with E-state index in [1.54, 1.807) is 11.0 Å². The summed E-state index contributed by atoms with van der Waals surface area (Å²) in [5.74, 6) is 0.117. The maximum atomic E-state index is 11.9. The smallest absolute Gasteiger partial charge is 0.222 e. The molecule has 0 saturated carbocycles. The van der Waals surface area contributed by atoms with Crippen LogP contribution in [0.4, 0.5) is 0 Å². The average molecular weight is 240 g/mol. The SMILES string of the molecule is C=CCN(CCO)C(=O)CCC1CCCCN1. The zero-order valence-corrected chi connectivity index (χ0v) is 10.5. The maximum Gasteiger partial charge on any atom is 0.222 e. The molecule has 1 unspecified atom stereocenters. The lowest BCUT2D eigenvalue weighted by Crippen LogP contribution is -2.37. The molecular formula is C13H24N2O2. The highest BCUT2D eigenvalue weighted by Gasteiger charge is 2.16. The number of carbonyl (C=O) groups excluding carboxylic acids is 1. The summed E-state index contributed by atoms with van der Waals surface area (Å²) >= 11 is 0. The van der Waals surface area contributed by atoms with E-state index in [4.69, 9.17) is 5.11 Å². The van der Waals surface area contributed by atoms with Gasteiger partial charge in [-0.05, 0) is 25.8 Å². The lowest BCUT2D eigenvalue weighted by atomic mass is 10.0. The second-order valence-electron chi connectivity index (χ2n) is 4.54. The number of hydrogen-bond acceptors (Lipinski definition) is 3. The minimum atomic E-state index is 0.0151. The fourth-order valence-corrected chi connectivity index (χ4v) is 2.22. The van der Waals surface area contributed by atoms with Crippen LogP contribution in [-0.4, -0.2) is 48.2 Å². The van der Waals surface area contributed by atoms with E-state index in [-0.39, 0.29) is 12.5 Å². The molecule has 2 N–H and O–H groups in total. The van der Waals surface area contributed by atoms with Gasteiger partial charge in [0.15, 0.2) is 0 Å². The normalized spacial score (nSPS) is 19.9. The molecule has 1 fully saturated rings. The first kappa shape index (κ1) is 14.2. The first-order valence-electron chi connectivity index (χ1n) is 6.51. The van der Waals surface area contributed by atoms with Crippen molar-refractivity contribution in [1.82, 2.24) is 10.2 Å². The van der Waals surface area contributed by atoms with Gasteiger partial charge < -0.3 is 15.3 Å². The quantitative estimate of drug-likeness (QED) is 0.651. The van der Waals surface area contributed by atoms with Crippen LogP contribution in [0.1, 0.15) is 32.1 Å². The van der Waals surface area contributed by atoms with Crippen molar-refractivity contribution in [2.45, 2.75) is 38.1 Å². The molecular weight excluding hydrogens is 216 g/mol. The van der Waals surface area contributed by atoms with Crippen LogP contribution in [0.15, 0.2) is 12.7 Å². The molecule has 1 aliphatic rings. The minimum Gasteiger partial charge on any atom is -0.395 e. The number of aliphatic hydroxyl groups excluding tert-OH is 1. The van der Waals surface area contributed by atoms with Gasteiger partial charge in [-0.1, -0.05) is 12.5 Å². The predicted molar refractivity (Wildman–Crippen MR) is 68.7 cm³/mol. The van der Waals surface area contributed by atoms with E-state index in [1.807, 2.05) is 0 Å². The molecule has 0 aromatic rings. The van der Waals surface area contributed by atoms with Gasteiger partial charge in [-0.2, -0.15) is 0 Å². The second-order valence-corrected chi connectivity index (χ2v) is 4.54. The van der Waals surface area contributed by atoms with Crippen LogP contribution in [0, 0.1) is 0 Å². The van der Waals surface area contributed by atoms with E-state index in [9.17, 15) is 4.79 Å². The predicted octanol–water partition coefficient (Wildman–Crippen LogP) is 0.916. The van der Waals surface area contributed by atoms with Crippen LogP contribution in [0.2, 0.25) is 0 Å². The van der Waals surface area contributed by atoms with Gasteiger partial charge >= 0.3 is 0 Å². The lowest BCUT2D eigenvalue weighted by molar-refractivity contribution is -0.131. The lowest BCUT2D eigenvalue weighted by Gasteiger charge is -2.25. The summed E-state index contributed by atoms with van der Waals surface area (Å²) in [4.78, 5) is 13.6. The Hall–Kier alpha value is -0.870. The molecule has 0 radical (unpaired) electrons. The molecule has 1 heterocycles. The van der Waals surface area contributed by atoms with E-state index >= 15 is 0 Å². The first-order valence-corrected chi connectivity index (χ1v) is 6.51. The highest BCUT2D eigenvalue weighted by molar-refractivity contribution is 5.76. The second kappa shape index (κ2) is 8.25. The van der Waals surface area contributed by atoms with Crippen molar-refractivity contribution < 1.29 is 9.90 Å². The fourth-order valence-electron chi connectivity index (χ4n) is 2.22. The molecule has 0 spiro atoms. The van der Waals surface area contributed by atoms with Crippen molar-refractivity contribution in [2.75, 3.05) is 26.2 Å². The van der Waals surface area contributed by atoms with Crippen molar-refractivity contribution in [3.63, 3.8) is 0 Å². The Bertz CT molecular complexity index is 238. The molecule has 0 aromatic carbocycles. The van der Waals surface area contributed by atoms with E-state index in [2.05, 4.69) is 11.9 Å². The summed E-state index contributed by atoms with van der Waals surface area (Å²) in [5, 5.41) is 12.3. The Balaban J connectivity index is 2.27.